The quantitative estimate of drug-likeness (QED) is 0.824. The van der Waals surface area contributed by atoms with Crippen LogP contribution in [0, 0.1) is 6.26 Å². The number of nitrogens with zero attached hydrogens (tertiary/aromatic N) is 1. The van der Waals surface area contributed by atoms with E-state index < -0.39 is 9.84 Å². The number of benzene rings is 1. The normalized spacial score (nSPS) is 12.1. The van der Waals surface area contributed by atoms with Gasteiger partial charge in [0, 0.05) is 11.6 Å². The Morgan fingerprint density at radius 2 is 2.00 bits per heavy atom. The van der Waals surface area contributed by atoms with E-state index in [1.54, 1.807) is 24.3 Å². The molecule has 0 bridgehead atoms. The second-order valence-electron chi connectivity index (χ2n) is 3.68. The lowest BCUT2D eigenvalue weighted by molar-refractivity contribution is 0.387. The van der Waals surface area contributed by atoms with Gasteiger partial charge in [-0.2, -0.15) is 4.79 Å². The summed E-state index contributed by atoms with van der Waals surface area (Å²) in [5.74, 6) is -0.0684. The molecule has 3 nitrogen and oxygen atoms in total. The fourth-order valence-electron chi connectivity index (χ4n) is 1.67. The lowest BCUT2D eigenvalue weighted by Crippen LogP contribution is -2.03. The van der Waals surface area contributed by atoms with Crippen molar-refractivity contribution in [2.75, 3.05) is 5.75 Å². The third-order valence-electron chi connectivity index (χ3n) is 2.43. The van der Waals surface area contributed by atoms with Crippen molar-refractivity contribution in [3.05, 3.63) is 42.3 Å². The van der Waals surface area contributed by atoms with Gasteiger partial charge in [0.25, 0.3) is 0 Å². The summed E-state index contributed by atoms with van der Waals surface area (Å²) in [5.41, 5.74) is 1.14. The van der Waals surface area contributed by atoms with Crippen molar-refractivity contribution in [1.29, 1.82) is 0 Å². The molecule has 0 N–H and O–H groups in total. The van der Waals surface area contributed by atoms with Crippen LogP contribution in [0.5, 0.6) is 0 Å². The van der Waals surface area contributed by atoms with Gasteiger partial charge in [0.2, 0.25) is 0 Å². The van der Waals surface area contributed by atoms with Gasteiger partial charge in [-0.15, -0.1) is 0 Å². The van der Waals surface area contributed by atoms with Gasteiger partial charge >= 0.3 is 0 Å². The van der Waals surface area contributed by atoms with Crippen LogP contribution in [0.25, 0.3) is 10.9 Å². The van der Waals surface area contributed by atoms with Crippen LogP contribution in [-0.4, -0.2) is 19.0 Å². The summed E-state index contributed by atoms with van der Waals surface area (Å²) in [7, 11) is -3.26. The molecule has 1 heterocycles. The van der Waals surface area contributed by atoms with E-state index in [0.717, 1.165) is 5.39 Å². The number of rotatable bonds is 3. The first-order chi connectivity index (χ1) is 7.47. The van der Waals surface area contributed by atoms with E-state index in [2.05, 4.69) is 6.26 Å². The van der Waals surface area contributed by atoms with E-state index in [9.17, 15) is 12.9 Å². The molecule has 0 aliphatic carbocycles. The van der Waals surface area contributed by atoms with Gasteiger partial charge < -0.3 is 0 Å². The molecule has 1 radical (unpaired) electrons. The molecule has 1 aromatic carbocycles. The van der Waals surface area contributed by atoms with Crippen LogP contribution in [0.3, 0.4) is 0 Å². The maximum Gasteiger partial charge on any atom is 0.151 e. The second kappa shape index (κ2) is 3.90. The molecule has 5 heteroatoms. The minimum Gasteiger partial charge on any atom is -0.229 e. The second-order valence-corrected chi connectivity index (χ2v) is 5.58. The maximum atomic E-state index is 13.4. The van der Waals surface area contributed by atoms with Crippen molar-refractivity contribution in [1.82, 2.24) is 4.79 Å². The Bertz CT molecular complexity index is 616. The molecule has 1 aromatic heterocycles. The molecule has 0 unspecified atom stereocenters. The third kappa shape index (κ3) is 2.24. The van der Waals surface area contributed by atoms with Crippen LogP contribution >= 0.6 is 0 Å². The molecule has 16 heavy (non-hydrogen) atoms. The highest BCUT2D eigenvalue weighted by Gasteiger charge is 2.10. The van der Waals surface area contributed by atoms with Crippen LogP contribution in [-0.2, 0) is 16.3 Å². The zero-order chi connectivity index (χ0) is 11.8. The summed E-state index contributed by atoms with van der Waals surface area (Å²) in [4.78, 5) is 0.514. The van der Waals surface area contributed by atoms with E-state index in [1.807, 2.05) is 0 Å². The van der Waals surface area contributed by atoms with Crippen LogP contribution in [0.1, 0.15) is 5.56 Å². The fraction of sp³-hybridized carbons (Fsp3) is 0.182. The molecule has 0 atom stereocenters. The highest BCUT2D eigenvalue weighted by Crippen LogP contribution is 2.21. The first-order valence-electron chi connectivity index (χ1n) is 4.78. The van der Waals surface area contributed by atoms with Gasteiger partial charge in [0.05, 0.1) is 17.5 Å². The summed E-state index contributed by atoms with van der Waals surface area (Å²) < 4.78 is 35.2. The van der Waals surface area contributed by atoms with Crippen molar-refractivity contribution < 1.29 is 12.9 Å². The Kier molecular flexibility index (Phi) is 2.71. The van der Waals surface area contributed by atoms with Crippen LogP contribution in [0.2, 0.25) is 0 Å². The first kappa shape index (κ1) is 11.1. The molecule has 0 aliphatic rings. The van der Waals surface area contributed by atoms with Crippen molar-refractivity contribution in [2.24, 2.45) is 0 Å². The molecule has 0 saturated heterocycles. The highest BCUT2D eigenvalue weighted by molar-refractivity contribution is 7.92. The predicted octanol–water partition coefficient (Wildman–Crippen LogP) is 2.12. The number of sulfone groups is 1. The van der Waals surface area contributed by atoms with Gasteiger partial charge in [-0.3, -0.25) is 0 Å². The van der Waals surface area contributed by atoms with Crippen molar-refractivity contribution in [3.63, 3.8) is 0 Å². The zero-order valence-electron chi connectivity index (χ0n) is 8.56. The number of hydrogen-bond acceptors (Lipinski definition) is 2. The van der Waals surface area contributed by atoms with Crippen molar-refractivity contribution in [2.45, 2.75) is 6.42 Å². The van der Waals surface area contributed by atoms with Gasteiger partial charge in [-0.05, 0) is 18.1 Å². The van der Waals surface area contributed by atoms with Gasteiger partial charge in [0.15, 0.2) is 9.84 Å². The van der Waals surface area contributed by atoms with Crippen molar-refractivity contribution in [3.8, 4) is 0 Å². The average Bonchev–Trinajstić information content (AvgIpc) is 2.53. The Morgan fingerprint density at radius 1 is 1.31 bits per heavy atom. The smallest absolute Gasteiger partial charge is 0.151 e. The fourth-order valence-corrected chi connectivity index (χ4v) is 2.20. The Labute approximate surface area is 93.4 Å². The largest absolute Gasteiger partial charge is 0.229 e. The van der Waals surface area contributed by atoms with Crippen LogP contribution in [0.4, 0.5) is 4.48 Å². The highest BCUT2D eigenvalue weighted by atomic mass is 32.2. The molecule has 0 amide bonds. The molecule has 0 fully saturated rings. The summed E-state index contributed by atoms with van der Waals surface area (Å²) in [6, 6.07) is 6.96. The van der Waals surface area contributed by atoms with Crippen LogP contribution < -0.4 is 0 Å². The lowest BCUT2D eigenvalue weighted by atomic mass is 10.1. The standard InChI is InChI=1S/C11H11FNO2S/c1-16(14,15)7-6-9-8-13(12)11-5-3-2-4-10(9)11/h2-5,8H,1,6-7H2. The number of halogens is 1. The van der Waals surface area contributed by atoms with E-state index >= 15 is 0 Å². The predicted molar refractivity (Wildman–Crippen MR) is 61.3 cm³/mol. The minimum absolute atomic E-state index is 0.0684. The summed E-state index contributed by atoms with van der Waals surface area (Å²) >= 11 is 0. The molecular formula is C11H11FNO2S. The molecule has 2 rings (SSSR count). The number of para-hydroxylation sites is 1. The zero-order valence-corrected chi connectivity index (χ0v) is 9.37. The molecule has 0 saturated carbocycles. The first-order valence-corrected chi connectivity index (χ1v) is 6.60. The Balaban J connectivity index is 2.38. The number of aromatic nitrogens is 1. The summed E-state index contributed by atoms with van der Waals surface area (Å²) in [5, 5.41) is 0.744. The van der Waals surface area contributed by atoms with Crippen molar-refractivity contribution >= 4 is 20.7 Å². The van der Waals surface area contributed by atoms with E-state index in [0.29, 0.717) is 15.9 Å². The van der Waals surface area contributed by atoms with E-state index in [-0.39, 0.29) is 12.2 Å². The summed E-state index contributed by atoms with van der Waals surface area (Å²) in [6.45, 7) is 0. The topological polar surface area (TPSA) is 39.1 Å². The third-order valence-corrected chi connectivity index (χ3v) is 3.26. The molecule has 85 valence electrons. The monoisotopic (exact) mass is 240 g/mol. The Hall–Kier alpha value is -1.36. The SMILES string of the molecule is [CH2]S(=O)(=O)CCc1cn(F)c2ccccc12. The van der Waals surface area contributed by atoms with E-state index in [1.165, 1.54) is 6.20 Å². The lowest BCUT2D eigenvalue weighted by Gasteiger charge is -1.97. The summed E-state index contributed by atoms with van der Waals surface area (Å²) in [6.07, 6.45) is 4.64. The molecular weight excluding hydrogens is 229 g/mol. The van der Waals surface area contributed by atoms with Gasteiger partial charge in [0.1, 0.15) is 0 Å². The van der Waals surface area contributed by atoms with Crippen LogP contribution in [0.15, 0.2) is 30.5 Å². The van der Waals surface area contributed by atoms with Gasteiger partial charge in [-0.25, -0.2) is 8.42 Å². The Morgan fingerprint density at radius 3 is 2.69 bits per heavy atom. The number of hydrogen-bond donors (Lipinski definition) is 0. The molecule has 0 aliphatic heterocycles. The van der Waals surface area contributed by atoms with E-state index in [4.69, 9.17) is 0 Å². The number of fused-ring (bicyclic) bond motifs is 1. The number of aryl methyl sites for hydroxylation is 1. The minimum atomic E-state index is -3.26. The maximum absolute atomic E-state index is 13.4. The average molecular weight is 240 g/mol. The molecule has 2 aromatic rings. The van der Waals surface area contributed by atoms with Gasteiger partial charge in [-0.1, -0.05) is 22.7 Å². The molecule has 0 spiro atoms.